The van der Waals surface area contributed by atoms with Gasteiger partial charge in [-0.15, -0.1) is 0 Å². The third kappa shape index (κ3) is 4.39. The van der Waals surface area contributed by atoms with Crippen molar-refractivity contribution in [2.45, 2.75) is 33.0 Å². The summed E-state index contributed by atoms with van der Waals surface area (Å²) in [5.74, 6) is 2.12. The Labute approximate surface area is 213 Å². The van der Waals surface area contributed by atoms with Gasteiger partial charge in [0.25, 0.3) is 0 Å². The number of nitrogens with one attached hydrogen (secondary N) is 2. The molecule has 188 valence electrons. The summed E-state index contributed by atoms with van der Waals surface area (Å²) in [6.07, 6.45) is 1.56. The molecule has 0 aliphatic carbocycles. The van der Waals surface area contributed by atoms with E-state index in [-0.39, 0.29) is 12.6 Å². The first-order valence-electron chi connectivity index (χ1n) is 12.0. The minimum atomic E-state index is 0.0777. The minimum absolute atomic E-state index is 0.0777. The van der Waals surface area contributed by atoms with Crippen molar-refractivity contribution in [3.05, 3.63) is 76.6 Å². The van der Waals surface area contributed by atoms with Crippen molar-refractivity contribution in [2.75, 3.05) is 19.5 Å². The Morgan fingerprint density at radius 2 is 1.95 bits per heavy atom. The standard InChI is InChI=1S/C27H28N8O2/c1-16(2)35-22(14-32-34-28)24(21-11-17-7-5-6-8-20(17)33-21)25-26(30-15-31-27(25)35)29-13-18-9-10-19(36-3)12-23(18)37-4/h5-12,15-16,33H,13-14H2,1-4H3,(H,29,30,31). The summed E-state index contributed by atoms with van der Waals surface area (Å²) >= 11 is 0. The number of H-pyrrole nitrogens is 1. The van der Waals surface area contributed by atoms with Gasteiger partial charge >= 0.3 is 0 Å². The van der Waals surface area contributed by atoms with Crippen LogP contribution in [0.4, 0.5) is 5.82 Å². The number of para-hydroxylation sites is 1. The molecule has 37 heavy (non-hydrogen) atoms. The molecule has 0 unspecified atom stereocenters. The number of aromatic nitrogens is 4. The van der Waals surface area contributed by atoms with E-state index in [4.69, 9.17) is 15.0 Å². The van der Waals surface area contributed by atoms with Gasteiger partial charge < -0.3 is 24.3 Å². The molecule has 0 saturated heterocycles. The smallest absolute Gasteiger partial charge is 0.146 e. The largest absolute Gasteiger partial charge is 0.497 e. The van der Waals surface area contributed by atoms with Crippen LogP contribution < -0.4 is 14.8 Å². The average molecular weight is 497 g/mol. The van der Waals surface area contributed by atoms with E-state index in [1.807, 2.05) is 36.4 Å². The maximum atomic E-state index is 9.14. The Hall–Kier alpha value is -4.69. The van der Waals surface area contributed by atoms with Gasteiger partial charge in [0.05, 0.1) is 26.2 Å². The highest BCUT2D eigenvalue weighted by atomic mass is 16.5. The van der Waals surface area contributed by atoms with E-state index in [0.29, 0.717) is 12.4 Å². The zero-order valence-electron chi connectivity index (χ0n) is 21.2. The molecule has 0 aliphatic rings. The summed E-state index contributed by atoms with van der Waals surface area (Å²) < 4.78 is 13.0. The van der Waals surface area contributed by atoms with Gasteiger partial charge in [0.15, 0.2) is 0 Å². The molecule has 10 heteroatoms. The number of methoxy groups -OCH3 is 2. The van der Waals surface area contributed by atoms with Gasteiger partial charge in [-0.25, -0.2) is 9.97 Å². The summed E-state index contributed by atoms with van der Waals surface area (Å²) in [5, 5.41) is 9.37. The molecule has 0 aliphatic heterocycles. The fraction of sp³-hybridized carbons (Fsp3) is 0.259. The summed E-state index contributed by atoms with van der Waals surface area (Å²) in [4.78, 5) is 15.9. The first-order chi connectivity index (χ1) is 18.0. The van der Waals surface area contributed by atoms with Gasteiger partial charge in [0.1, 0.15) is 29.3 Å². The lowest BCUT2D eigenvalue weighted by molar-refractivity contribution is 0.391. The summed E-state index contributed by atoms with van der Waals surface area (Å²) in [6.45, 7) is 4.84. The molecular weight excluding hydrogens is 468 g/mol. The number of aromatic amines is 1. The molecule has 0 amide bonds. The lowest BCUT2D eigenvalue weighted by Gasteiger charge is -2.13. The number of benzene rings is 2. The van der Waals surface area contributed by atoms with E-state index in [1.54, 1.807) is 20.5 Å². The third-order valence-electron chi connectivity index (χ3n) is 6.42. The Kier molecular flexibility index (Phi) is 6.57. The zero-order chi connectivity index (χ0) is 25.9. The van der Waals surface area contributed by atoms with E-state index in [9.17, 15) is 0 Å². The molecule has 5 aromatic rings. The highest BCUT2D eigenvalue weighted by molar-refractivity contribution is 6.04. The topological polar surface area (TPSA) is 126 Å². The Bertz CT molecular complexity index is 1600. The Balaban J connectivity index is 1.70. The van der Waals surface area contributed by atoms with Crippen LogP contribution in [0.1, 0.15) is 31.1 Å². The average Bonchev–Trinajstić information content (AvgIpc) is 3.49. The zero-order valence-corrected chi connectivity index (χ0v) is 21.2. The lowest BCUT2D eigenvalue weighted by Crippen LogP contribution is -2.07. The van der Waals surface area contributed by atoms with Gasteiger partial charge in [-0.05, 0) is 43.6 Å². The summed E-state index contributed by atoms with van der Waals surface area (Å²) in [6, 6.07) is 16.0. The quantitative estimate of drug-likeness (QED) is 0.135. The number of ether oxygens (including phenoxy) is 2. The Morgan fingerprint density at radius 1 is 1.11 bits per heavy atom. The highest BCUT2D eigenvalue weighted by Gasteiger charge is 2.25. The molecule has 2 N–H and O–H groups in total. The van der Waals surface area contributed by atoms with Crippen molar-refractivity contribution in [1.29, 1.82) is 0 Å². The number of fused-ring (bicyclic) bond motifs is 2. The van der Waals surface area contributed by atoms with E-state index in [0.717, 1.165) is 56.0 Å². The van der Waals surface area contributed by atoms with Crippen molar-refractivity contribution in [3.63, 3.8) is 0 Å². The maximum Gasteiger partial charge on any atom is 0.146 e. The number of anilines is 1. The van der Waals surface area contributed by atoms with Crippen molar-refractivity contribution in [3.8, 4) is 22.8 Å². The first-order valence-corrected chi connectivity index (χ1v) is 12.0. The van der Waals surface area contributed by atoms with Crippen LogP contribution in [0.25, 0.3) is 43.6 Å². The van der Waals surface area contributed by atoms with Crippen LogP contribution in [0.2, 0.25) is 0 Å². The SMILES string of the molecule is COc1ccc(CNc2ncnc3c2c(-c2cc4ccccc4[nH]2)c(CN=[N+]=[N-])n3C(C)C)c(OC)c1. The molecule has 0 spiro atoms. The van der Waals surface area contributed by atoms with Crippen molar-refractivity contribution in [2.24, 2.45) is 5.11 Å². The molecule has 5 rings (SSSR count). The number of nitrogens with zero attached hydrogens (tertiary/aromatic N) is 6. The van der Waals surface area contributed by atoms with Crippen LogP contribution in [0, 0.1) is 0 Å². The molecule has 3 aromatic heterocycles. The summed E-state index contributed by atoms with van der Waals surface area (Å²) in [7, 11) is 3.27. The predicted molar refractivity (Wildman–Crippen MR) is 145 cm³/mol. The lowest BCUT2D eigenvalue weighted by atomic mass is 10.1. The van der Waals surface area contributed by atoms with Crippen molar-refractivity contribution in [1.82, 2.24) is 19.5 Å². The fourth-order valence-corrected chi connectivity index (χ4v) is 4.80. The molecule has 2 aromatic carbocycles. The van der Waals surface area contributed by atoms with Gasteiger partial charge in [0.2, 0.25) is 0 Å². The van der Waals surface area contributed by atoms with E-state index in [1.165, 1.54) is 0 Å². The molecule has 0 radical (unpaired) electrons. The maximum absolute atomic E-state index is 9.14. The van der Waals surface area contributed by atoms with Gasteiger partial charge in [0, 0.05) is 57.0 Å². The van der Waals surface area contributed by atoms with Crippen LogP contribution in [0.3, 0.4) is 0 Å². The normalized spacial score (nSPS) is 11.2. The van der Waals surface area contributed by atoms with Crippen LogP contribution >= 0.6 is 0 Å². The van der Waals surface area contributed by atoms with Crippen LogP contribution in [-0.4, -0.2) is 33.7 Å². The highest BCUT2D eigenvalue weighted by Crippen LogP contribution is 2.40. The number of hydrogen-bond acceptors (Lipinski definition) is 6. The Morgan fingerprint density at radius 3 is 2.68 bits per heavy atom. The van der Waals surface area contributed by atoms with Crippen LogP contribution in [-0.2, 0) is 13.1 Å². The first kappa shape index (κ1) is 24.0. The van der Waals surface area contributed by atoms with E-state index < -0.39 is 0 Å². The van der Waals surface area contributed by atoms with Crippen molar-refractivity contribution < 1.29 is 9.47 Å². The van der Waals surface area contributed by atoms with Gasteiger partial charge in [-0.1, -0.05) is 23.3 Å². The molecule has 0 atom stereocenters. The molecule has 0 saturated carbocycles. The van der Waals surface area contributed by atoms with E-state index in [2.05, 4.69) is 60.8 Å². The number of hydrogen-bond donors (Lipinski definition) is 2. The van der Waals surface area contributed by atoms with Crippen LogP contribution in [0.15, 0.2) is 60.0 Å². The summed E-state index contributed by atoms with van der Waals surface area (Å²) in [5.41, 5.74) is 14.6. The molecule has 0 bridgehead atoms. The van der Waals surface area contributed by atoms with E-state index >= 15 is 0 Å². The number of rotatable bonds is 9. The predicted octanol–water partition coefficient (Wildman–Crippen LogP) is 6.60. The van der Waals surface area contributed by atoms with Gasteiger partial charge in [-0.3, -0.25) is 0 Å². The molecule has 0 fully saturated rings. The minimum Gasteiger partial charge on any atom is -0.497 e. The molecular formula is C27H28N8O2. The second-order valence-corrected chi connectivity index (χ2v) is 8.90. The molecule has 3 heterocycles. The molecule has 10 nitrogen and oxygen atoms in total. The third-order valence-corrected chi connectivity index (χ3v) is 6.42. The second-order valence-electron chi connectivity index (χ2n) is 8.90. The van der Waals surface area contributed by atoms with Gasteiger partial charge in [-0.2, -0.15) is 0 Å². The van der Waals surface area contributed by atoms with Crippen LogP contribution in [0.5, 0.6) is 11.5 Å². The monoisotopic (exact) mass is 496 g/mol. The fourth-order valence-electron chi connectivity index (χ4n) is 4.80. The second kappa shape index (κ2) is 10.1. The van der Waals surface area contributed by atoms with Crippen molar-refractivity contribution >= 4 is 27.8 Å². The number of azide groups is 1.